The summed E-state index contributed by atoms with van der Waals surface area (Å²) in [6, 6.07) is 4.33. The molecule has 0 saturated heterocycles. The molecule has 2 rings (SSSR count). The van der Waals surface area contributed by atoms with Gasteiger partial charge in [-0.25, -0.2) is 9.59 Å². The Balaban J connectivity index is 1.96. The molecule has 108 valence electrons. The second kappa shape index (κ2) is 6.23. The standard InChI is InChI=1S/C13H15BrN2O4/c1-20-9-5-8(6-9)15-13(19)16-11-3-2-7(14)4-10(11)12(17)18/h2-4,8-9H,5-6H2,1H3,(H,17,18)(H2,15,16,19). The van der Waals surface area contributed by atoms with Crippen molar-refractivity contribution in [2.24, 2.45) is 0 Å². The van der Waals surface area contributed by atoms with Crippen molar-refractivity contribution in [3.8, 4) is 0 Å². The van der Waals surface area contributed by atoms with E-state index < -0.39 is 12.0 Å². The summed E-state index contributed by atoms with van der Waals surface area (Å²) in [5.41, 5.74) is 0.304. The number of amides is 2. The molecular weight excluding hydrogens is 328 g/mol. The number of halogens is 1. The number of benzene rings is 1. The predicted octanol–water partition coefficient (Wildman–Crippen LogP) is 2.45. The molecule has 1 aliphatic rings. The van der Waals surface area contributed by atoms with Crippen LogP contribution in [0.4, 0.5) is 10.5 Å². The van der Waals surface area contributed by atoms with Crippen LogP contribution in [0, 0.1) is 0 Å². The van der Waals surface area contributed by atoms with Crippen molar-refractivity contribution in [2.75, 3.05) is 12.4 Å². The Morgan fingerprint density at radius 2 is 2.10 bits per heavy atom. The third kappa shape index (κ3) is 3.49. The van der Waals surface area contributed by atoms with Crippen LogP contribution in [0.3, 0.4) is 0 Å². The highest BCUT2D eigenvalue weighted by Crippen LogP contribution is 2.24. The molecule has 20 heavy (non-hydrogen) atoms. The number of carbonyl (C=O) groups is 2. The Labute approximate surface area is 124 Å². The van der Waals surface area contributed by atoms with Gasteiger partial charge in [-0.2, -0.15) is 0 Å². The molecular formula is C13H15BrN2O4. The highest BCUT2D eigenvalue weighted by Gasteiger charge is 2.30. The molecule has 1 aliphatic carbocycles. The summed E-state index contributed by atoms with van der Waals surface area (Å²) in [5.74, 6) is -1.09. The molecule has 7 heteroatoms. The van der Waals surface area contributed by atoms with E-state index >= 15 is 0 Å². The first-order valence-electron chi connectivity index (χ1n) is 6.12. The fourth-order valence-electron chi connectivity index (χ4n) is 2.02. The number of ether oxygens (including phenoxy) is 1. The monoisotopic (exact) mass is 342 g/mol. The average Bonchev–Trinajstić information content (AvgIpc) is 2.35. The van der Waals surface area contributed by atoms with Crippen LogP contribution in [-0.4, -0.2) is 36.4 Å². The van der Waals surface area contributed by atoms with Gasteiger partial charge in [-0.1, -0.05) is 15.9 Å². The van der Waals surface area contributed by atoms with Gasteiger partial charge in [0.2, 0.25) is 0 Å². The lowest BCUT2D eigenvalue weighted by molar-refractivity contribution is 0.0210. The molecule has 2 amide bonds. The Hall–Kier alpha value is -1.60. The van der Waals surface area contributed by atoms with E-state index in [4.69, 9.17) is 9.84 Å². The van der Waals surface area contributed by atoms with E-state index in [9.17, 15) is 9.59 Å². The van der Waals surface area contributed by atoms with Gasteiger partial charge in [-0.05, 0) is 31.0 Å². The van der Waals surface area contributed by atoms with Crippen LogP contribution in [0.1, 0.15) is 23.2 Å². The van der Waals surface area contributed by atoms with Gasteiger partial charge in [0.1, 0.15) is 0 Å². The van der Waals surface area contributed by atoms with E-state index in [1.54, 1.807) is 19.2 Å². The molecule has 3 N–H and O–H groups in total. The van der Waals surface area contributed by atoms with Crippen LogP contribution in [0.15, 0.2) is 22.7 Å². The van der Waals surface area contributed by atoms with Crippen LogP contribution in [0.25, 0.3) is 0 Å². The van der Waals surface area contributed by atoms with E-state index in [2.05, 4.69) is 26.6 Å². The quantitative estimate of drug-likeness (QED) is 0.784. The summed E-state index contributed by atoms with van der Waals surface area (Å²) in [6.07, 6.45) is 1.74. The zero-order valence-electron chi connectivity index (χ0n) is 10.9. The molecule has 0 heterocycles. The molecule has 1 fully saturated rings. The largest absolute Gasteiger partial charge is 0.478 e. The van der Waals surface area contributed by atoms with Crippen molar-refractivity contribution in [3.63, 3.8) is 0 Å². The maximum absolute atomic E-state index is 11.8. The topological polar surface area (TPSA) is 87.7 Å². The summed E-state index contributed by atoms with van der Waals surface area (Å²) in [4.78, 5) is 22.9. The number of methoxy groups -OCH3 is 1. The van der Waals surface area contributed by atoms with E-state index in [0.717, 1.165) is 12.8 Å². The molecule has 0 spiro atoms. The predicted molar refractivity (Wildman–Crippen MR) is 77.1 cm³/mol. The van der Waals surface area contributed by atoms with Crippen LogP contribution < -0.4 is 10.6 Å². The Morgan fingerprint density at radius 1 is 1.40 bits per heavy atom. The zero-order chi connectivity index (χ0) is 14.7. The second-order valence-corrected chi connectivity index (χ2v) is 5.54. The van der Waals surface area contributed by atoms with Crippen LogP contribution in [0.2, 0.25) is 0 Å². The second-order valence-electron chi connectivity index (χ2n) is 4.62. The number of hydrogen-bond donors (Lipinski definition) is 3. The number of carboxylic acid groups (broad SMARTS) is 1. The van der Waals surface area contributed by atoms with E-state index in [-0.39, 0.29) is 23.4 Å². The number of nitrogens with one attached hydrogen (secondary N) is 2. The molecule has 0 aliphatic heterocycles. The SMILES string of the molecule is COC1CC(NC(=O)Nc2ccc(Br)cc2C(=O)O)C1. The number of carboxylic acids is 1. The third-order valence-electron chi connectivity index (χ3n) is 3.22. The van der Waals surface area contributed by atoms with Crippen molar-refractivity contribution in [2.45, 2.75) is 25.0 Å². The Morgan fingerprint density at radius 3 is 2.70 bits per heavy atom. The average molecular weight is 343 g/mol. The van der Waals surface area contributed by atoms with Gasteiger partial charge in [-0.3, -0.25) is 0 Å². The maximum Gasteiger partial charge on any atom is 0.337 e. The molecule has 0 radical (unpaired) electrons. The van der Waals surface area contributed by atoms with E-state index in [1.807, 2.05) is 0 Å². The van der Waals surface area contributed by atoms with Gasteiger partial charge < -0.3 is 20.5 Å². The molecule has 6 nitrogen and oxygen atoms in total. The van der Waals surface area contributed by atoms with Gasteiger partial charge in [0.25, 0.3) is 0 Å². The van der Waals surface area contributed by atoms with Crippen molar-refractivity contribution in [1.82, 2.24) is 5.32 Å². The van der Waals surface area contributed by atoms with Gasteiger partial charge >= 0.3 is 12.0 Å². The Bertz CT molecular complexity index is 529. The number of hydrogen-bond acceptors (Lipinski definition) is 3. The van der Waals surface area contributed by atoms with Crippen molar-refractivity contribution in [1.29, 1.82) is 0 Å². The minimum atomic E-state index is -1.09. The molecule has 0 atom stereocenters. The van der Waals surface area contributed by atoms with Crippen LogP contribution >= 0.6 is 15.9 Å². The minimum Gasteiger partial charge on any atom is -0.478 e. The maximum atomic E-state index is 11.8. The molecule has 1 aromatic carbocycles. The van der Waals surface area contributed by atoms with Crippen molar-refractivity contribution < 1.29 is 19.4 Å². The Kier molecular flexibility index (Phi) is 4.61. The molecule has 1 saturated carbocycles. The highest BCUT2D eigenvalue weighted by molar-refractivity contribution is 9.10. The van der Waals surface area contributed by atoms with Gasteiger partial charge in [0, 0.05) is 17.6 Å². The zero-order valence-corrected chi connectivity index (χ0v) is 12.4. The summed E-state index contributed by atoms with van der Waals surface area (Å²) in [7, 11) is 1.64. The van der Waals surface area contributed by atoms with Gasteiger partial charge in [0.05, 0.1) is 17.4 Å². The van der Waals surface area contributed by atoms with E-state index in [0.29, 0.717) is 4.47 Å². The summed E-state index contributed by atoms with van der Waals surface area (Å²) < 4.78 is 5.77. The van der Waals surface area contributed by atoms with Crippen molar-refractivity contribution >= 4 is 33.6 Å². The van der Waals surface area contributed by atoms with Crippen LogP contribution in [0.5, 0.6) is 0 Å². The normalized spacial score (nSPS) is 20.9. The number of carbonyl (C=O) groups excluding carboxylic acids is 1. The summed E-state index contributed by atoms with van der Waals surface area (Å²) in [6.45, 7) is 0. The third-order valence-corrected chi connectivity index (χ3v) is 3.72. The first kappa shape index (κ1) is 14.8. The summed E-state index contributed by atoms with van der Waals surface area (Å²) in [5, 5.41) is 14.4. The molecule has 0 aromatic heterocycles. The number of urea groups is 1. The number of rotatable bonds is 4. The number of anilines is 1. The lowest BCUT2D eigenvalue weighted by atomic mass is 9.89. The fraction of sp³-hybridized carbons (Fsp3) is 0.385. The smallest absolute Gasteiger partial charge is 0.337 e. The van der Waals surface area contributed by atoms with Crippen molar-refractivity contribution in [3.05, 3.63) is 28.2 Å². The lowest BCUT2D eigenvalue weighted by Crippen LogP contribution is -2.48. The molecule has 0 unspecified atom stereocenters. The fourth-order valence-corrected chi connectivity index (χ4v) is 2.38. The number of aromatic carboxylic acids is 1. The molecule has 1 aromatic rings. The highest BCUT2D eigenvalue weighted by atomic mass is 79.9. The van der Waals surface area contributed by atoms with Gasteiger partial charge in [0.15, 0.2) is 0 Å². The first-order valence-corrected chi connectivity index (χ1v) is 6.92. The van der Waals surface area contributed by atoms with Gasteiger partial charge in [-0.15, -0.1) is 0 Å². The minimum absolute atomic E-state index is 0.0397. The van der Waals surface area contributed by atoms with Crippen LogP contribution in [-0.2, 0) is 4.74 Å². The summed E-state index contributed by atoms with van der Waals surface area (Å²) >= 11 is 3.20. The molecule has 0 bridgehead atoms. The van der Waals surface area contributed by atoms with E-state index in [1.165, 1.54) is 6.07 Å². The lowest BCUT2D eigenvalue weighted by Gasteiger charge is -2.34. The first-order chi connectivity index (χ1) is 9.49.